The van der Waals surface area contributed by atoms with Crippen LogP contribution in [0.1, 0.15) is 49.4 Å². The molecule has 1 saturated carbocycles. The van der Waals surface area contributed by atoms with Crippen LogP contribution in [0.4, 0.5) is 0 Å². The highest BCUT2D eigenvalue weighted by Gasteiger charge is 2.29. The molecule has 1 N–H and O–H groups in total. The summed E-state index contributed by atoms with van der Waals surface area (Å²) in [6.07, 6.45) is 4.88. The average Bonchev–Trinajstić information content (AvgIpc) is 2.67. The van der Waals surface area contributed by atoms with Crippen LogP contribution in [0.2, 0.25) is 0 Å². The molecule has 0 saturated heterocycles. The summed E-state index contributed by atoms with van der Waals surface area (Å²) in [6.45, 7) is 1.57. The zero-order valence-corrected chi connectivity index (χ0v) is 16.9. The Labute approximate surface area is 161 Å². The van der Waals surface area contributed by atoms with Gasteiger partial charge in [-0.05, 0) is 31.0 Å². The molecule has 1 aliphatic rings. The maximum Gasteiger partial charge on any atom is 0.308 e. The van der Waals surface area contributed by atoms with E-state index in [1.54, 1.807) is 19.2 Å². The summed E-state index contributed by atoms with van der Waals surface area (Å²) in [5.74, 6) is -2.09. The van der Waals surface area contributed by atoms with E-state index in [9.17, 15) is 18.0 Å². The van der Waals surface area contributed by atoms with Crippen molar-refractivity contribution in [2.45, 2.75) is 50.0 Å². The molecule has 27 heavy (non-hydrogen) atoms. The van der Waals surface area contributed by atoms with Gasteiger partial charge in [-0.1, -0.05) is 32.3 Å². The van der Waals surface area contributed by atoms with Gasteiger partial charge >= 0.3 is 5.97 Å². The first kappa shape index (κ1) is 21.4. The molecule has 1 fully saturated rings. The van der Waals surface area contributed by atoms with Crippen LogP contribution in [0, 0.1) is 5.92 Å². The van der Waals surface area contributed by atoms with Gasteiger partial charge < -0.3 is 10.0 Å². The first-order valence-electron chi connectivity index (χ1n) is 9.21. The largest absolute Gasteiger partial charge is 0.481 e. The van der Waals surface area contributed by atoms with Crippen molar-refractivity contribution >= 4 is 21.9 Å². The molecule has 8 heteroatoms. The second-order valence-electron chi connectivity index (χ2n) is 7.27. The van der Waals surface area contributed by atoms with Gasteiger partial charge in [-0.3, -0.25) is 9.59 Å². The Morgan fingerprint density at radius 3 is 2.41 bits per heavy atom. The van der Waals surface area contributed by atoms with Crippen molar-refractivity contribution in [2.24, 2.45) is 5.92 Å². The second-order valence-corrected chi connectivity index (χ2v) is 9.26. The Bertz CT molecular complexity index is 787. The number of benzene rings is 1. The number of carboxylic acid groups (broad SMARTS) is 1. The van der Waals surface area contributed by atoms with Crippen molar-refractivity contribution in [3.63, 3.8) is 0 Å². The van der Waals surface area contributed by atoms with Crippen LogP contribution < -0.4 is 0 Å². The van der Waals surface area contributed by atoms with E-state index in [1.807, 2.05) is 0 Å². The number of sulfonamides is 1. The fourth-order valence-electron chi connectivity index (χ4n) is 3.39. The minimum Gasteiger partial charge on any atom is -0.481 e. The van der Waals surface area contributed by atoms with Crippen molar-refractivity contribution in [1.29, 1.82) is 0 Å². The molecular weight excluding hydrogens is 368 g/mol. The van der Waals surface area contributed by atoms with Crippen LogP contribution in [0.5, 0.6) is 0 Å². The first-order chi connectivity index (χ1) is 12.6. The Hall–Kier alpha value is -1.93. The van der Waals surface area contributed by atoms with Gasteiger partial charge in [0.15, 0.2) is 0 Å². The number of hydrogen-bond acceptors (Lipinski definition) is 4. The Morgan fingerprint density at radius 1 is 1.19 bits per heavy atom. The summed E-state index contributed by atoms with van der Waals surface area (Å²) >= 11 is 0. The molecular formula is C19H28N2O5S. The lowest BCUT2D eigenvalue weighted by Crippen LogP contribution is -2.38. The lowest BCUT2D eigenvalue weighted by atomic mass is 9.96. The zero-order chi connectivity index (χ0) is 20.2. The minimum atomic E-state index is -3.69. The van der Waals surface area contributed by atoms with Gasteiger partial charge in [0.25, 0.3) is 5.91 Å². The zero-order valence-electron chi connectivity index (χ0n) is 16.1. The Kier molecular flexibility index (Phi) is 7.00. The van der Waals surface area contributed by atoms with Gasteiger partial charge in [0.1, 0.15) is 0 Å². The van der Waals surface area contributed by atoms with E-state index in [0.29, 0.717) is 0 Å². The molecule has 1 aromatic carbocycles. The van der Waals surface area contributed by atoms with Gasteiger partial charge in [-0.2, -0.15) is 4.31 Å². The maximum atomic E-state index is 13.0. The van der Waals surface area contributed by atoms with E-state index in [0.717, 1.165) is 32.1 Å². The van der Waals surface area contributed by atoms with E-state index in [-0.39, 0.29) is 23.0 Å². The summed E-state index contributed by atoms with van der Waals surface area (Å²) in [7, 11) is -0.580. The lowest BCUT2D eigenvalue weighted by Gasteiger charge is -2.30. The minimum absolute atomic E-state index is 0.0119. The van der Waals surface area contributed by atoms with Gasteiger partial charge in [0.05, 0.1) is 10.8 Å². The molecule has 7 nitrogen and oxygen atoms in total. The van der Waals surface area contributed by atoms with Gasteiger partial charge in [0.2, 0.25) is 10.0 Å². The highest BCUT2D eigenvalue weighted by Crippen LogP contribution is 2.27. The van der Waals surface area contributed by atoms with E-state index in [4.69, 9.17) is 5.11 Å². The summed E-state index contributed by atoms with van der Waals surface area (Å²) in [5, 5.41) is 9.00. The quantitative estimate of drug-likeness (QED) is 0.764. The molecule has 2 rings (SSSR count). The van der Waals surface area contributed by atoms with E-state index >= 15 is 0 Å². The predicted molar refractivity (Wildman–Crippen MR) is 102 cm³/mol. The molecule has 1 aromatic rings. The van der Waals surface area contributed by atoms with Crippen LogP contribution in [0.3, 0.4) is 0 Å². The maximum absolute atomic E-state index is 13.0. The monoisotopic (exact) mass is 396 g/mol. The molecule has 0 bridgehead atoms. The van der Waals surface area contributed by atoms with Crippen molar-refractivity contribution in [3.05, 3.63) is 29.8 Å². The molecule has 0 radical (unpaired) electrons. The van der Waals surface area contributed by atoms with E-state index < -0.39 is 27.8 Å². The molecule has 0 aliphatic heterocycles. The van der Waals surface area contributed by atoms with Crippen LogP contribution in [-0.4, -0.2) is 61.3 Å². The lowest BCUT2D eigenvalue weighted by molar-refractivity contribution is -0.141. The predicted octanol–water partition coefficient (Wildman–Crippen LogP) is 2.43. The molecule has 0 aromatic heterocycles. The number of hydrogen-bond donors (Lipinski definition) is 1. The normalized spacial score (nSPS) is 16.9. The summed E-state index contributed by atoms with van der Waals surface area (Å²) in [5.41, 5.74) is 0.230. The number of rotatable bonds is 7. The Morgan fingerprint density at radius 2 is 1.81 bits per heavy atom. The van der Waals surface area contributed by atoms with Crippen molar-refractivity contribution in [2.75, 3.05) is 20.6 Å². The van der Waals surface area contributed by atoms with Gasteiger partial charge in [-0.15, -0.1) is 0 Å². The number of nitrogens with zero attached hydrogens (tertiary/aromatic N) is 2. The van der Waals surface area contributed by atoms with Gasteiger partial charge in [-0.25, -0.2) is 8.42 Å². The van der Waals surface area contributed by atoms with Crippen LogP contribution in [-0.2, 0) is 14.8 Å². The third kappa shape index (κ3) is 5.07. The SMILES string of the molecule is CC(CN(C)C(=O)c1cccc(S(=O)(=O)N(C)C2CCCCC2)c1)C(=O)O. The fraction of sp³-hybridized carbons (Fsp3) is 0.579. The van der Waals surface area contributed by atoms with Crippen LogP contribution >= 0.6 is 0 Å². The fourth-order valence-corrected chi connectivity index (χ4v) is 4.85. The number of amides is 1. The molecule has 1 amide bonds. The molecule has 1 aliphatic carbocycles. The van der Waals surface area contributed by atoms with Crippen molar-refractivity contribution in [1.82, 2.24) is 9.21 Å². The smallest absolute Gasteiger partial charge is 0.308 e. The number of carbonyl (C=O) groups is 2. The Balaban J connectivity index is 2.20. The molecule has 0 heterocycles. The third-order valence-corrected chi connectivity index (χ3v) is 7.07. The summed E-state index contributed by atoms with van der Waals surface area (Å²) < 4.78 is 27.4. The van der Waals surface area contributed by atoms with Gasteiger partial charge in [0, 0.05) is 32.2 Å². The first-order valence-corrected chi connectivity index (χ1v) is 10.6. The van der Waals surface area contributed by atoms with Crippen molar-refractivity contribution in [3.8, 4) is 0 Å². The van der Waals surface area contributed by atoms with Crippen LogP contribution in [0.15, 0.2) is 29.2 Å². The highest BCUT2D eigenvalue weighted by atomic mass is 32.2. The average molecular weight is 397 g/mol. The van der Waals surface area contributed by atoms with E-state index in [1.165, 1.54) is 35.3 Å². The molecule has 1 unspecified atom stereocenters. The highest BCUT2D eigenvalue weighted by molar-refractivity contribution is 7.89. The second kappa shape index (κ2) is 8.84. The number of carbonyl (C=O) groups excluding carboxylic acids is 1. The van der Waals surface area contributed by atoms with Crippen LogP contribution in [0.25, 0.3) is 0 Å². The molecule has 1 atom stereocenters. The summed E-state index contributed by atoms with van der Waals surface area (Å²) in [6, 6.07) is 5.94. The van der Waals surface area contributed by atoms with Crippen molar-refractivity contribution < 1.29 is 23.1 Å². The van der Waals surface area contributed by atoms with E-state index in [2.05, 4.69) is 0 Å². The molecule has 150 valence electrons. The standard InChI is InChI=1S/C19H28N2O5S/c1-14(19(23)24)13-20(2)18(22)15-8-7-11-17(12-15)27(25,26)21(3)16-9-5-4-6-10-16/h7-8,11-12,14,16H,4-6,9-10,13H2,1-3H3,(H,23,24). The topological polar surface area (TPSA) is 95.0 Å². The number of aliphatic carboxylic acids is 1. The molecule has 0 spiro atoms. The number of carboxylic acids is 1. The summed E-state index contributed by atoms with van der Waals surface area (Å²) in [4.78, 5) is 24.9. The third-order valence-electron chi connectivity index (χ3n) is 5.16.